The van der Waals surface area contributed by atoms with E-state index in [1.54, 1.807) is 0 Å². The number of hydrogen-bond acceptors (Lipinski definition) is 6. The van der Waals surface area contributed by atoms with Crippen LogP contribution in [0.3, 0.4) is 0 Å². The third-order valence-electron chi connectivity index (χ3n) is 3.38. The van der Waals surface area contributed by atoms with Gasteiger partial charge >= 0.3 is 5.97 Å². The first-order valence-corrected chi connectivity index (χ1v) is 7.16. The maximum atomic E-state index is 10.9. The van der Waals surface area contributed by atoms with Crippen LogP contribution in [0, 0.1) is 5.41 Å². The molecule has 3 unspecified atom stereocenters. The maximum Gasteiger partial charge on any atom is 0.332 e. The molecule has 1 aliphatic rings. The van der Waals surface area contributed by atoms with Crippen LogP contribution in [0.2, 0.25) is 0 Å². The van der Waals surface area contributed by atoms with Crippen molar-refractivity contribution in [1.82, 2.24) is 10.1 Å². The number of nitrogens with zero attached hydrogens (tertiary/aromatic N) is 2. The highest BCUT2D eigenvalue weighted by Crippen LogP contribution is 2.37. The molecule has 0 spiro atoms. The lowest BCUT2D eigenvalue weighted by atomic mass is 9.88. The van der Waals surface area contributed by atoms with Gasteiger partial charge in [0, 0.05) is 6.61 Å². The molecule has 1 N–H and O–H groups in total. The van der Waals surface area contributed by atoms with Crippen molar-refractivity contribution in [2.75, 3.05) is 6.61 Å². The Bertz CT molecular complexity index is 494. The molecule has 3 atom stereocenters. The fourth-order valence-electron chi connectivity index (χ4n) is 2.36. The predicted molar refractivity (Wildman–Crippen MR) is 72.6 cm³/mol. The van der Waals surface area contributed by atoms with E-state index in [9.17, 15) is 4.79 Å². The standard InChI is InChI=1S/C14H22N2O5/c1-5-19-10(14(2,3)4)11-15-12(21-16-11)8-6-7-9(20-8)13(17)18/h8-10H,5-7H2,1-4H3,(H,17,18). The molecule has 1 aromatic heterocycles. The van der Waals surface area contributed by atoms with Crippen molar-refractivity contribution in [1.29, 1.82) is 0 Å². The monoisotopic (exact) mass is 298 g/mol. The molecule has 0 aromatic carbocycles. The molecule has 118 valence electrons. The molecular weight excluding hydrogens is 276 g/mol. The zero-order valence-corrected chi connectivity index (χ0v) is 12.8. The van der Waals surface area contributed by atoms with Gasteiger partial charge in [0.05, 0.1) is 0 Å². The molecule has 2 heterocycles. The Hall–Kier alpha value is -1.47. The highest BCUT2D eigenvalue weighted by atomic mass is 16.6. The second-order valence-corrected chi connectivity index (χ2v) is 6.22. The molecule has 0 radical (unpaired) electrons. The Balaban J connectivity index is 2.12. The van der Waals surface area contributed by atoms with Crippen LogP contribution >= 0.6 is 0 Å². The normalized spacial score (nSPS) is 24.2. The highest BCUT2D eigenvalue weighted by Gasteiger charge is 2.37. The van der Waals surface area contributed by atoms with Crippen LogP contribution in [0.5, 0.6) is 0 Å². The number of rotatable bonds is 5. The van der Waals surface area contributed by atoms with Gasteiger partial charge in [0.25, 0.3) is 5.89 Å². The smallest absolute Gasteiger partial charge is 0.332 e. The summed E-state index contributed by atoms with van der Waals surface area (Å²) < 4.78 is 16.4. The topological polar surface area (TPSA) is 94.7 Å². The van der Waals surface area contributed by atoms with E-state index in [1.807, 2.05) is 27.7 Å². The molecule has 1 aromatic rings. The highest BCUT2D eigenvalue weighted by molar-refractivity contribution is 5.72. The van der Waals surface area contributed by atoms with Crippen LogP contribution < -0.4 is 0 Å². The SMILES string of the molecule is CCOC(c1noc(C2CCC(C(=O)O)O2)n1)C(C)(C)C. The minimum absolute atomic E-state index is 0.169. The molecule has 1 fully saturated rings. The Morgan fingerprint density at radius 1 is 1.48 bits per heavy atom. The van der Waals surface area contributed by atoms with Crippen molar-refractivity contribution in [3.63, 3.8) is 0 Å². The minimum Gasteiger partial charge on any atom is -0.479 e. The van der Waals surface area contributed by atoms with Crippen molar-refractivity contribution < 1.29 is 23.9 Å². The summed E-state index contributed by atoms with van der Waals surface area (Å²) in [6, 6.07) is 0. The molecular formula is C14H22N2O5. The summed E-state index contributed by atoms with van der Waals surface area (Å²) in [7, 11) is 0. The zero-order chi connectivity index (χ0) is 15.6. The third kappa shape index (κ3) is 3.59. The van der Waals surface area contributed by atoms with Crippen molar-refractivity contribution in [3.8, 4) is 0 Å². The largest absolute Gasteiger partial charge is 0.479 e. The molecule has 1 saturated heterocycles. The van der Waals surface area contributed by atoms with E-state index in [0.29, 0.717) is 31.2 Å². The average molecular weight is 298 g/mol. The summed E-state index contributed by atoms with van der Waals surface area (Å²) in [6.07, 6.45) is -0.513. The van der Waals surface area contributed by atoms with Gasteiger partial charge in [-0.25, -0.2) is 4.79 Å². The first kappa shape index (κ1) is 15.9. The number of aromatic nitrogens is 2. The van der Waals surface area contributed by atoms with Crippen molar-refractivity contribution in [2.45, 2.75) is 58.8 Å². The zero-order valence-electron chi connectivity index (χ0n) is 12.8. The van der Waals surface area contributed by atoms with Gasteiger partial charge in [0.2, 0.25) is 5.82 Å². The summed E-state index contributed by atoms with van der Waals surface area (Å²) >= 11 is 0. The maximum absolute atomic E-state index is 10.9. The molecule has 7 heteroatoms. The molecule has 7 nitrogen and oxygen atoms in total. The van der Waals surface area contributed by atoms with Gasteiger partial charge < -0.3 is 19.1 Å². The minimum atomic E-state index is -0.959. The lowest BCUT2D eigenvalue weighted by Crippen LogP contribution is -2.22. The van der Waals surface area contributed by atoms with E-state index >= 15 is 0 Å². The molecule has 2 rings (SSSR count). The Labute approximate surface area is 123 Å². The van der Waals surface area contributed by atoms with Crippen LogP contribution in [0.1, 0.15) is 64.5 Å². The van der Waals surface area contributed by atoms with Crippen LogP contribution in [0.15, 0.2) is 4.52 Å². The molecule has 0 aliphatic carbocycles. The Morgan fingerprint density at radius 2 is 2.19 bits per heavy atom. The van der Waals surface area contributed by atoms with E-state index in [1.165, 1.54) is 0 Å². The lowest BCUT2D eigenvalue weighted by Gasteiger charge is -2.27. The third-order valence-corrected chi connectivity index (χ3v) is 3.38. The molecule has 21 heavy (non-hydrogen) atoms. The molecule has 0 bridgehead atoms. The Kier molecular flexibility index (Phi) is 4.63. The summed E-state index contributed by atoms with van der Waals surface area (Å²) in [5.74, 6) is -0.163. The number of aliphatic carboxylic acids is 1. The van der Waals surface area contributed by atoms with Crippen LogP contribution in [-0.4, -0.2) is 33.9 Å². The summed E-state index contributed by atoms with van der Waals surface area (Å²) in [5, 5.41) is 12.9. The average Bonchev–Trinajstić information content (AvgIpc) is 3.02. The molecule has 0 saturated carbocycles. The van der Waals surface area contributed by atoms with Crippen molar-refractivity contribution in [2.24, 2.45) is 5.41 Å². The quantitative estimate of drug-likeness (QED) is 0.892. The van der Waals surface area contributed by atoms with Gasteiger partial charge in [-0.15, -0.1) is 0 Å². The first-order chi connectivity index (χ1) is 9.82. The predicted octanol–water partition coefficient (Wildman–Crippen LogP) is 2.50. The van der Waals surface area contributed by atoms with Crippen LogP contribution in [0.4, 0.5) is 0 Å². The van der Waals surface area contributed by atoms with Gasteiger partial charge in [-0.05, 0) is 25.2 Å². The van der Waals surface area contributed by atoms with Crippen molar-refractivity contribution >= 4 is 5.97 Å². The summed E-state index contributed by atoms with van der Waals surface area (Å²) in [4.78, 5) is 15.2. The van der Waals surface area contributed by atoms with Gasteiger partial charge in [-0.2, -0.15) is 4.98 Å². The first-order valence-electron chi connectivity index (χ1n) is 7.16. The second kappa shape index (κ2) is 6.11. The van der Waals surface area contributed by atoms with E-state index in [-0.39, 0.29) is 11.5 Å². The van der Waals surface area contributed by atoms with Crippen LogP contribution in [-0.2, 0) is 14.3 Å². The number of carboxylic acids is 1. The van der Waals surface area contributed by atoms with Gasteiger partial charge in [0.1, 0.15) is 12.2 Å². The summed E-state index contributed by atoms with van der Waals surface area (Å²) in [5.41, 5.74) is -0.169. The number of carbonyl (C=O) groups is 1. The van der Waals surface area contributed by atoms with Gasteiger partial charge in [-0.3, -0.25) is 0 Å². The summed E-state index contributed by atoms with van der Waals surface area (Å²) in [6.45, 7) is 8.58. The van der Waals surface area contributed by atoms with Gasteiger partial charge in [-0.1, -0.05) is 25.9 Å². The number of hydrogen-bond donors (Lipinski definition) is 1. The number of carboxylic acid groups (broad SMARTS) is 1. The van der Waals surface area contributed by atoms with E-state index < -0.39 is 18.2 Å². The van der Waals surface area contributed by atoms with E-state index in [4.69, 9.17) is 19.1 Å². The van der Waals surface area contributed by atoms with E-state index in [0.717, 1.165) is 0 Å². The number of ether oxygens (including phenoxy) is 2. The van der Waals surface area contributed by atoms with Gasteiger partial charge in [0.15, 0.2) is 6.10 Å². The fourth-order valence-corrected chi connectivity index (χ4v) is 2.36. The molecule has 1 aliphatic heterocycles. The second-order valence-electron chi connectivity index (χ2n) is 6.22. The van der Waals surface area contributed by atoms with Crippen molar-refractivity contribution in [3.05, 3.63) is 11.7 Å². The van der Waals surface area contributed by atoms with Crippen LogP contribution in [0.25, 0.3) is 0 Å². The molecule has 0 amide bonds. The van der Waals surface area contributed by atoms with E-state index in [2.05, 4.69) is 10.1 Å². The Morgan fingerprint density at radius 3 is 2.71 bits per heavy atom. The fraction of sp³-hybridized carbons (Fsp3) is 0.786. The lowest BCUT2D eigenvalue weighted by molar-refractivity contribution is -0.150.